The van der Waals surface area contributed by atoms with Crippen LogP contribution < -0.4 is 14.4 Å². The van der Waals surface area contributed by atoms with E-state index >= 15 is 0 Å². The molecule has 1 aliphatic heterocycles. The fourth-order valence-electron chi connectivity index (χ4n) is 4.65. The van der Waals surface area contributed by atoms with Crippen molar-refractivity contribution in [3.63, 3.8) is 0 Å². The molecule has 1 aliphatic rings. The second-order valence-corrected chi connectivity index (χ2v) is 12.7. The highest BCUT2D eigenvalue weighted by atomic mass is 32.2. The highest BCUT2D eigenvalue weighted by Crippen LogP contribution is 2.40. The normalized spacial score (nSPS) is 16.6. The van der Waals surface area contributed by atoms with Crippen LogP contribution in [0.2, 0.25) is 0 Å². The van der Waals surface area contributed by atoms with Crippen LogP contribution in [0.4, 0.5) is 5.69 Å². The standard InChI is InChI=1S/C30H36N2O4S/c1-20(2)23-10-12-24(13-11-23)32(37(34,35)25-14-7-21(3)8-15-25)19-29(33)31-27-18-30(5,6)36-28-16-9-22(4)17-26(27)28/h7-17,20,27H,18-19H2,1-6H3,(H,31,33). The summed E-state index contributed by atoms with van der Waals surface area (Å²) in [4.78, 5) is 13.6. The van der Waals surface area contributed by atoms with Crippen molar-refractivity contribution in [3.05, 3.63) is 89.0 Å². The Morgan fingerprint density at radius 1 is 1.00 bits per heavy atom. The lowest BCUT2D eigenvalue weighted by Gasteiger charge is -2.38. The predicted octanol–water partition coefficient (Wildman–Crippen LogP) is 6.04. The predicted molar refractivity (Wildman–Crippen MR) is 148 cm³/mol. The monoisotopic (exact) mass is 520 g/mol. The molecule has 0 spiro atoms. The van der Waals surface area contributed by atoms with Crippen LogP contribution >= 0.6 is 0 Å². The van der Waals surface area contributed by atoms with E-state index in [4.69, 9.17) is 4.74 Å². The van der Waals surface area contributed by atoms with Crippen LogP contribution in [0.1, 0.15) is 68.3 Å². The quantitative estimate of drug-likeness (QED) is 0.412. The Morgan fingerprint density at radius 3 is 2.24 bits per heavy atom. The minimum absolute atomic E-state index is 0.145. The zero-order valence-electron chi connectivity index (χ0n) is 22.4. The van der Waals surface area contributed by atoms with E-state index in [1.54, 1.807) is 36.4 Å². The number of amides is 1. The van der Waals surface area contributed by atoms with Crippen molar-refractivity contribution in [1.82, 2.24) is 5.32 Å². The number of sulfonamides is 1. The Bertz CT molecular complexity index is 1380. The van der Waals surface area contributed by atoms with E-state index in [2.05, 4.69) is 19.2 Å². The molecule has 0 radical (unpaired) electrons. The number of benzene rings is 3. The summed E-state index contributed by atoms with van der Waals surface area (Å²) >= 11 is 0. The van der Waals surface area contributed by atoms with Gasteiger partial charge in [0, 0.05) is 12.0 Å². The number of hydrogen-bond acceptors (Lipinski definition) is 4. The Labute approximate surface area is 220 Å². The number of fused-ring (bicyclic) bond motifs is 1. The van der Waals surface area contributed by atoms with Crippen molar-refractivity contribution < 1.29 is 17.9 Å². The summed E-state index contributed by atoms with van der Waals surface area (Å²) in [5.74, 6) is 0.666. The number of aryl methyl sites for hydroxylation is 2. The van der Waals surface area contributed by atoms with Gasteiger partial charge >= 0.3 is 0 Å². The maximum absolute atomic E-state index is 13.8. The van der Waals surface area contributed by atoms with Crippen LogP contribution in [-0.2, 0) is 14.8 Å². The second-order valence-electron chi connectivity index (χ2n) is 10.8. The number of carbonyl (C=O) groups excluding carboxylic acids is 1. The first-order valence-corrected chi connectivity index (χ1v) is 14.1. The Morgan fingerprint density at radius 2 is 1.62 bits per heavy atom. The van der Waals surface area contributed by atoms with Crippen LogP contribution in [0.5, 0.6) is 5.75 Å². The van der Waals surface area contributed by atoms with E-state index in [1.807, 2.05) is 58.0 Å². The van der Waals surface area contributed by atoms with Crippen LogP contribution in [0.15, 0.2) is 71.6 Å². The molecule has 0 saturated carbocycles. The largest absolute Gasteiger partial charge is 0.487 e. The van der Waals surface area contributed by atoms with Gasteiger partial charge in [-0.3, -0.25) is 9.10 Å². The second kappa shape index (κ2) is 10.2. The van der Waals surface area contributed by atoms with Gasteiger partial charge in [-0.2, -0.15) is 0 Å². The number of hydrogen-bond donors (Lipinski definition) is 1. The van der Waals surface area contributed by atoms with Crippen molar-refractivity contribution in [1.29, 1.82) is 0 Å². The van der Waals surface area contributed by atoms with E-state index in [0.717, 1.165) is 28.0 Å². The molecule has 1 atom stereocenters. The van der Waals surface area contributed by atoms with Gasteiger partial charge in [0.05, 0.1) is 16.6 Å². The summed E-state index contributed by atoms with van der Waals surface area (Å²) in [6, 6.07) is 19.7. The van der Waals surface area contributed by atoms with E-state index in [0.29, 0.717) is 18.0 Å². The van der Waals surface area contributed by atoms with Crippen molar-refractivity contribution in [3.8, 4) is 5.75 Å². The minimum atomic E-state index is -3.98. The molecule has 3 aromatic rings. The topological polar surface area (TPSA) is 75.7 Å². The Hall–Kier alpha value is -3.32. The summed E-state index contributed by atoms with van der Waals surface area (Å²) in [7, 11) is -3.98. The van der Waals surface area contributed by atoms with Gasteiger partial charge in [-0.1, -0.05) is 61.4 Å². The Kier molecular flexibility index (Phi) is 7.38. The average Bonchev–Trinajstić information content (AvgIpc) is 2.83. The van der Waals surface area contributed by atoms with E-state index < -0.39 is 15.6 Å². The number of rotatable bonds is 7. The van der Waals surface area contributed by atoms with Gasteiger partial charge in [0.2, 0.25) is 5.91 Å². The van der Waals surface area contributed by atoms with Crippen LogP contribution in [0.3, 0.4) is 0 Å². The first-order chi connectivity index (χ1) is 17.4. The maximum atomic E-state index is 13.8. The molecule has 0 bridgehead atoms. The molecule has 0 fully saturated rings. The summed E-state index contributed by atoms with van der Waals surface area (Å²) in [5, 5.41) is 3.10. The van der Waals surface area contributed by atoms with Gasteiger partial charge in [0.25, 0.3) is 10.0 Å². The van der Waals surface area contributed by atoms with E-state index in [1.165, 1.54) is 4.31 Å². The lowest BCUT2D eigenvalue weighted by molar-refractivity contribution is -0.120. The molecule has 0 saturated heterocycles. The van der Waals surface area contributed by atoms with Gasteiger partial charge in [-0.15, -0.1) is 0 Å². The first kappa shape index (κ1) is 26.7. The fourth-order valence-corrected chi connectivity index (χ4v) is 6.07. The molecule has 0 aromatic heterocycles. The zero-order valence-corrected chi connectivity index (χ0v) is 23.2. The lowest BCUT2D eigenvalue weighted by Crippen LogP contribution is -2.45. The summed E-state index contributed by atoms with van der Waals surface area (Å²) in [6.07, 6.45) is 0.572. The van der Waals surface area contributed by atoms with Crippen molar-refractivity contribution in [2.24, 2.45) is 0 Å². The third-order valence-electron chi connectivity index (χ3n) is 6.70. The van der Waals surface area contributed by atoms with Crippen LogP contribution in [0.25, 0.3) is 0 Å². The van der Waals surface area contributed by atoms with E-state index in [-0.39, 0.29) is 23.4 Å². The van der Waals surface area contributed by atoms with Crippen molar-refractivity contribution in [2.45, 2.75) is 70.4 Å². The molecule has 3 aromatic carbocycles. The highest BCUT2D eigenvalue weighted by Gasteiger charge is 2.35. The SMILES string of the molecule is Cc1ccc(S(=O)(=O)N(CC(=O)NC2CC(C)(C)Oc3ccc(C)cc32)c2ccc(C(C)C)cc2)cc1. The smallest absolute Gasteiger partial charge is 0.264 e. The van der Waals surface area contributed by atoms with Gasteiger partial charge < -0.3 is 10.1 Å². The molecule has 196 valence electrons. The third kappa shape index (κ3) is 5.99. The van der Waals surface area contributed by atoms with Crippen molar-refractivity contribution in [2.75, 3.05) is 10.8 Å². The molecular formula is C30H36N2O4S. The van der Waals surface area contributed by atoms with Gasteiger partial charge in [-0.25, -0.2) is 8.42 Å². The summed E-state index contributed by atoms with van der Waals surface area (Å²) in [5.41, 5.74) is 4.00. The number of anilines is 1. The zero-order chi connectivity index (χ0) is 27.0. The third-order valence-corrected chi connectivity index (χ3v) is 8.49. The number of nitrogens with one attached hydrogen (secondary N) is 1. The summed E-state index contributed by atoms with van der Waals surface area (Å²) < 4.78 is 34.8. The van der Waals surface area contributed by atoms with Crippen LogP contribution in [0, 0.1) is 13.8 Å². The van der Waals surface area contributed by atoms with Gasteiger partial charge in [0.15, 0.2) is 0 Å². The average molecular weight is 521 g/mol. The molecule has 0 aliphatic carbocycles. The lowest BCUT2D eigenvalue weighted by atomic mass is 9.89. The molecule has 1 amide bonds. The van der Waals surface area contributed by atoms with Crippen molar-refractivity contribution >= 4 is 21.6 Å². The number of nitrogens with zero attached hydrogens (tertiary/aromatic N) is 1. The first-order valence-electron chi connectivity index (χ1n) is 12.6. The maximum Gasteiger partial charge on any atom is 0.264 e. The number of ether oxygens (including phenoxy) is 1. The number of carbonyl (C=O) groups is 1. The highest BCUT2D eigenvalue weighted by molar-refractivity contribution is 7.92. The molecule has 37 heavy (non-hydrogen) atoms. The minimum Gasteiger partial charge on any atom is -0.487 e. The summed E-state index contributed by atoms with van der Waals surface area (Å²) in [6.45, 7) is 11.7. The van der Waals surface area contributed by atoms with Gasteiger partial charge in [-0.05, 0) is 69.5 Å². The molecule has 6 nitrogen and oxygen atoms in total. The molecule has 7 heteroatoms. The van der Waals surface area contributed by atoms with Crippen LogP contribution in [-0.4, -0.2) is 26.5 Å². The fraction of sp³-hybridized carbons (Fsp3) is 0.367. The van der Waals surface area contributed by atoms with Gasteiger partial charge in [0.1, 0.15) is 17.9 Å². The molecule has 1 heterocycles. The molecular weight excluding hydrogens is 484 g/mol. The Balaban J connectivity index is 1.66. The molecule has 1 unspecified atom stereocenters. The molecule has 4 rings (SSSR count). The van der Waals surface area contributed by atoms with E-state index in [9.17, 15) is 13.2 Å². The molecule has 1 N–H and O–H groups in total.